The van der Waals surface area contributed by atoms with Gasteiger partial charge in [-0.25, -0.2) is 4.98 Å². The summed E-state index contributed by atoms with van der Waals surface area (Å²) in [5.74, 6) is 0.00902. The zero-order valence-electron chi connectivity index (χ0n) is 17.7. The highest BCUT2D eigenvalue weighted by atomic mass is 79.9. The van der Waals surface area contributed by atoms with Crippen molar-refractivity contribution in [2.45, 2.75) is 11.8 Å². The van der Waals surface area contributed by atoms with Crippen molar-refractivity contribution in [2.24, 2.45) is 0 Å². The summed E-state index contributed by atoms with van der Waals surface area (Å²) in [6.07, 6.45) is 0. The van der Waals surface area contributed by atoms with Crippen molar-refractivity contribution >= 4 is 61.7 Å². The van der Waals surface area contributed by atoms with Crippen molar-refractivity contribution in [1.82, 2.24) is 4.98 Å². The topological polar surface area (TPSA) is 71.1 Å². The predicted octanol–water partition coefficient (Wildman–Crippen LogP) is 6.86. The first-order chi connectivity index (χ1) is 16.0. The van der Waals surface area contributed by atoms with Gasteiger partial charge in [-0.1, -0.05) is 46.3 Å². The lowest BCUT2D eigenvalue weighted by Gasteiger charge is -2.08. The average molecular weight is 538 g/mol. The normalized spacial score (nSPS) is 10.6. The molecule has 3 aromatic carbocycles. The molecule has 2 N–H and O–H groups in total. The molecule has 0 bridgehead atoms. The van der Waals surface area contributed by atoms with Crippen molar-refractivity contribution in [2.75, 3.05) is 16.4 Å². The minimum atomic E-state index is -0.140. The first kappa shape index (κ1) is 23.2. The second-order valence-corrected chi connectivity index (χ2v) is 10.00. The Morgan fingerprint density at radius 1 is 0.970 bits per heavy atom. The maximum Gasteiger partial charge on any atom is 0.255 e. The van der Waals surface area contributed by atoms with Gasteiger partial charge in [-0.2, -0.15) is 0 Å². The highest BCUT2D eigenvalue weighted by molar-refractivity contribution is 9.10. The molecule has 0 aliphatic heterocycles. The molecule has 2 amide bonds. The van der Waals surface area contributed by atoms with Gasteiger partial charge in [0.15, 0.2) is 5.13 Å². The van der Waals surface area contributed by atoms with Crippen LogP contribution in [-0.4, -0.2) is 22.6 Å². The monoisotopic (exact) mass is 537 g/mol. The summed E-state index contributed by atoms with van der Waals surface area (Å²) in [6, 6.07) is 22.8. The Kier molecular flexibility index (Phi) is 7.59. The number of halogens is 1. The minimum Gasteiger partial charge on any atom is -0.322 e. The van der Waals surface area contributed by atoms with E-state index in [1.165, 1.54) is 23.1 Å². The molecule has 166 valence electrons. The molecule has 0 saturated carbocycles. The number of carbonyl (C=O) groups is 2. The Hall–Kier alpha value is -2.94. The summed E-state index contributed by atoms with van der Waals surface area (Å²) >= 11 is 6.25. The number of aryl methyl sites for hydroxylation is 1. The van der Waals surface area contributed by atoms with Crippen LogP contribution in [0.5, 0.6) is 0 Å². The summed E-state index contributed by atoms with van der Waals surface area (Å²) in [6.45, 7) is 1.91. The van der Waals surface area contributed by atoms with Crippen LogP contribution in [0.2, 0.25) is 0 Å². The zero-order valence-corrected chi connectivity index (χ0v) is 20.9. The molecular weight excluding hydrogens is 518 g/mol. The molecule has 1 heterocycles. The Balaban J connectivity index is 1.28. The molecule has 0 saturated heterocycles. The lowest BCUT2D eigenvalue weighted by atomic mass is 10.1. The van der Waals surface area contributed by atoms with Crippen LogP contribution in [0, 0.1) is 6.92 Å². The zero-order chi connectivity index (χ0) is 23.2. The molecule has 0 fully saturated rings. The van der Waals surface area contributed by atoms with E-state index in [0.29, 0.717) is 16.4 Å². The molecular formula is C25H20BrN3O2S2. The fraction of sp³-hybridized carbons (Fsp3) is 0.0800. The van der Waals surface area contributed by atoms with E-state index in [4.69, 9.17) is 0 Å². The quantitative estimate of drug-likeness (QED) is 0.252. The van der Waals surface area contributed by atoms with Crippen LogP contribution in [0.15, 0.2) is 87.5 Å². The molecule has 4 rings (SSSR count). The van der Waals surface area contributed by atoms with Gasteiger partial charge in [0.25, 0.3) is 5.91 Å². The lowest BCUT2D eigenvalue weighted by Crippen LogP contribution is -2.14. The standard InChI is InChI=1S/C25H20BrN3O2S2/c1-16-4-2-3-5-21(16)24(31)27-19-10-12-20(13-11-19)32-15-23(30)29-25-28-22(14-33-25)17-6-8-18(26)9-7-17/h2-14H,15H2,1H3,(H,27,31)(H,28,29,30). The SMILES string of the molecule is Cc1ccccc1C(=O)Nc1ccc(SCC(=O)Nc2nc(-c3ccc(Br)cc3)cs2)cc1. The first-order valence-electron chi connectivity index (χ1n) is 10.1. The average Bonchev–Trinajstić information content (AvgIpc) is 3.27. The number of thioether (sulfide) groups is 1. The van der Waals surface area contributed by atoms with Gasteiger partial charge >= 0.3 is 0 Å². The van der Waals surface area contributed by atoms with Crippen molar-refractivity contribution in [3.8, 4) is 11.3 Å². The number of anilines is 2. The highest BCUT2D eigenvalue weighted by Gasteiger charge is 2.10. The number of hydrogen-bond donors (Lipinski definition) is 2. The summed E-state index contributed by atoms with van der Waals surface area (Å²) in [4.78, 5) is 30.2. The maximum atomic E-state index is 12.4. The van der Waals surface area contributed by atoms with Crippen molar-refractivity contribution in [3.05, 3.63) is 93.8 Å². The van der Waals surface area contributed by atoms with Gasteiger partial charge in [-0.05, 0) is 55.0 Å². The Morgan fingerprint density at radius 2 is 1.70 bits per heavy atom. The number of aromatic nitrogens is 1. The fourth-order valence-electron chi connectivity index (χ4n) is 3.05. The Labute approximate surface area is 208 Å². The highest BCUT2D eigenvalue weighted by Crippen LogP contribution is 2.27. The van der Waals surface area contributed by atoms with Crippen LogP contribution < -0.4 is 10.6 Å². The van der Waals surface area contributed by atoms with Crippen LogP contribution >= 0.6 is 39.0 Å². The molecule has 4 aromatic rings. The Bertz CT molecular complexity index is 1270. The van der Waals surface area contributed by atoms with E-state index in [0.717, 1.165) is 26.2 Å². The van der Waals surface area contributed by atoms with Crippen LogP contribution in [-0.2, 0) is 4.79 Å². The van der Waals surface area contributed by atoms with Gasteiger partial charge in [-0.3, -0.25) is 9.59 Å². The van der Waals surface area contributed by atoms with E-state index in [1.54, 1.807) is 6.07 Å². The number of amides is 2. The van der Waals surface area contributed by atoms with Gasteiger partial charge in [0.2, 0.25) is 5.91 Å². The minimum absolute atomic E-state index is 0.117. The first-order valence-corrected chi connectivity index (χ1v) is 12.7. The second-order valence-electron chi connectivity index (χ2n) is 7.18. The largest absolute Gasteiger partial charge is 0.322 e. The van der Waals surface area contributed by atoms with E-state index < -0.39 is 0 Å². The van der Waals surface area contributed by atoms with Crippen molar-refractivity contribution in [3.63, 3.8) is 0 Å². The number of rotatable bonds is 7. The van der Waals surface area contributed by atoms with E-state index >= 15 is 0 Å². The van der Waals surface area contributed by atoms with Crippen LogP contribution in [0.25, 0.3) is 11.3 Å². The van der Waals surface area contributed by atoms with Crippen molar-refractivity contribution in [1.29, 1.82) is 0 Å². The number of thiazole rings is 1. The molecule has 0 spiro atoms. The summed E-state index contributed by atoms with van der Waals surface area (Å²) in [5.41, 5.74) is 4.12. The molecule has 8 heteroatoms. The lowest BCUT2D eigenvalue weighted by molar-refractivity contribution is -0.113. The molecule has 0 radical (unpaired) electrons. The molecule has 0 aliphatic rings. The van der Waals surface area contributed by atoms with Crippen molar-refractivity contribution < 1.29 is 9.59 Å². The van der Waals surface area contributed by atoms with Gasteiger partial charge in [0.1, 0.15) is 0 Å². The van der Waals surface area contributed by atoms with Crippen LogP contribution in [0.3, 0.4) is 0 Å². The molecule has 5 nitrogen and oxygen atoms in total. The Morgan fingerprint density at radius 3 is 2.42 bits per heavy atom. The number of nitrogens with one attached hydrogen (secondary N) is 2. The number of carbonyl (C=O) groups excluding carboxylic acids is 2. The molecule has 33 heavy (non-hydrogen) atoms. The van der Waals surface area contributed by atoms with Gasteiger partial charge < -0.3 is 10.6 Å². The number of nitrogens with zero attached hydrogens (tertiary/aromatic N) is 1. The maximum absolute atomic E-state index is 12.4. The molecule has 0 aliphatic carbocycles. The number of benzene rings is 3. The predicted molar refractivity (Wildman–Crippen MR) is 140 cm³/mol. The second kappa shape index (κ2) is 10.8. The van der Waals surface area contributed by atoms with E-state index in [-0.39, 0.29) is 17.6 Å². The van der Waals surface area contributed by atoms with Crippen LogP contribution in [0.4, 0.5) is 10.8 Å². The van der Waals surface area contributed by atoms with E-state index in [9.17, 15) is 9.59 Å². The van der Waals surface area contributed by atoms with Gasteiger partial charge in [-0.15, -0.1) is 23.1 Å². The molecule has 0 atom stereocenters. The van der Waals surface area contributed by atoms with E-state index in [1.807, 2.05) is 79.0 Å². The molecule has 1 aromatic heterocycles. The van der Waals surface area contributed by atoms with Gasteiger partial charge in [0, 0.05) is 31.6 Å². The smallest absolute Gasteiger partial charge is 0.255 e. The van der Waals surface area contributed by atoms with Crippen LogP contribution in [0.1, 0.15) is 15.9 Å². The third-order valence-electron chi connectivity index (χ3n) is 4.76. The van der Waals surface area contributed by atoms with E-state index in [2.05, 4.69) is 31.5 Å². The molecule has 0 unspecified atom stereocenters. The number of hydrogen-bond acceptors (Lipinski definition) is 5. The fourth-order valence-corrected chi connectivity index (χ4v) is 4.75. The summed E-state index contributed by atoms with van der Waals surface area (Å²) in [7, 11) is 0. The summed E-state index contributed by atoms with van der Waals surface area (Å²) < 4.78 is 1.01. The van der Waals surface area contributed by atoms with Gasteiger partial charge in [0.05, 0.1) is 11.4 Å². The third kappa shape index (κ3) is 6.31. The summed E-state index contributed by atoms with van der Waals surface area (Å²) in [5, 5.41) is 8.26. The third-order valence-corrected chi connectivity index (χ3v) is 7.06.